The van der Waals surface area contributed by atoms with Crippen LogP contribution in [0.1, 0.15) is 30.4 Å². The maximum atomic E-state index is 12.8. The molecule has 2 aromatic rings. The van der Waals surface area contributed by atoms with Crippen molar-refractivity contribution in [1.82, 2.24) is 0 Å². The van der Waals surface area contributed by atoms with E-state index in [-0.39, 0.29) is 31.5 Å². The molecular formula is C18H18ClF3N2O3. The third kappa shape index (κ3) is 4.77. The van der Waals surface area contributed by atoms with Crippen LogP contribution in [-0.2, 0) is 11.0 Å². The first-order chi connectivity index (χ1) is 12.2. The van der Waals surface area contributed by atoms with Gasteiger partial charge in [0.2, 0.25) is 12.7 Å². The van der Waals surface area contributed by atoms with Crippen molar-refractivity contribution in [3.63, 3.8) is 0 Å². The highest BCUT2D eigenvalue weighted by atomic mass is 35.5. The van der Waals surface area contributed by atoms with Crippen LogP contribution in [0.15, 0.2) is 36.4 Å². The second-order valence-corrected chi connectivity index (χ2v) is 6.07. The molecule has 3 N–H and O–H groups in total. The lowest BCUT2D eigenvalue weighted by Crippen LogP contribution is -2.16. The number of halogens is 4. The summed E-state index contributed by atoms with van der Waals surface area (Å²) in [5.41, 5.74) is 6.27. The van der Waals surface area contributed by atoms with Gasteiger partial charge >= 0.3 is 6.18 Å². The monoisotopic (exact) mass is 402 g/mol. The van der Waals surface area contributed by atoms with Crippen LogP contribution < -0.4 is 20.5 Å². The van der Waals surface area contributed by atoms with Crippen molar-refractivity contribution < 1.29 is 27.4 Å². The van der Waals surface area contributed by atoms with E-state index >= 15 is 0 Å². The van der Waals surface area contributed by atoms with Gasteiger partial charge in [0, 0.05) is 18.6 Å². The van der Waals surface area contributed by atoms with Crippen LogP contribution in [0.2, 0.25) is 0 Å². The third-order valence-corrected chi connectivity index (χ3v) is 4.09. The summed E-state index contributed by atoms with van der Waals surface area (Å²) in [4.78, 5) is 12.3. The summed E-state index contributed by atoms with van der Waals surface area (Å²) in [7, 11) is 0. The van der Waals surface area contributed by atoms with Crippen LogP contribution >= 0.6 is 12.4 Å². The molecule has 2 aromatic carbocycles. The van der Waals surface area contributed by atoms with Gasteiger partial charge in [-0.1, -0.05) is 25.1 Å². The number of alkyl halides is 3. The summed E-state index contributed by atoms with van der Waals surface area (Å²) < 4.78 is 48.9. The molecule has 1 aliphatic heterocycles. The second-order valence-electron chi connectivity index (χ2n) is 6.07. The summed E-state index contributed by atoms with van der Waals surface area (Å²) in [6.45, 7) is 1.77. The predicted molar refractivity (Wildman–Crippen MR) is 97.3 cm³/mol. The second kappa shape index (κ2) is 7.96. The fraction of sp³-hybridized carbons (Fsp3) is 0.278. The molecule has 9 heteroatoms. The van der Waals surface area contributed by atoms with Crippen LogP contribution in [-0.4, -0.2) is 12.7 Å². The molecule has 1 amide bonds. The predicted octanol–water partition coefficient (Wildman–Crippen LogP) is 4.57. The van der Waals surface area contributed by atoms with E-state index in [1.165, 1.54) is 6.07 Å². The van der Waals surface area contributed by atoms with E-state index in [1.54, 1.807) is 25.1 Å². The lowest BCUT2D eigenvalue weighted by atomic mass is 9.95. The number of hydrogen-bond acceptors (Lipinski definition) is 4. The van der Waals surface area contributed by atoms with Gasteiger partial charge < -0.3 is 20.5 Å². The molecule has 0 spiro atoms. The summed E-state index contributed by atoms with van der Waals surface area (Å²) in [6, 6.07) is 8.08. The number of fused-ring (bicyclic) bond motifs is 1. The first-order valence-corrected chi connectivity index (χ1v) is 7.90. The fourth-order valence-corrected chi connectivity index (χ4v) is 2.68. The Bertz CT molecular complexity index is 843. The molecule has 5 nitrogen and oxygen atoms in total. The van der Waals surface area contributed by atoms with Gasteiger partial charge in [-0.15, -0.1) is 12.4 Å². The number of rotatable bonds is 4. The van der Waals surface area contributed by atoms with Crippen LogP contribution in [0.5, 0.6) is 11.5 Å². The number of carbonyl (C=O) groups is 1. The van der Waals surface area contributed by atoms with Gasteiger partial charge in [-0.25, -0.2) is 0 Å². The lowest BCUT2D eigenvalue weighted by molar-refractivity contribution is -0.137. The Morgan fingerprint density at radius 1 is 1.22 bits per heavy atom. The summed E-state index contributed by atoms with van der Waals surface area (Å²) in [5.74, 6) is 0.214. The molecule has 0 radical (unpaired) electrons. The number of nitrogen functional groups attached to an aromatic ring is 1. The highest BCUT2D eigenvalue weighted by Crippen LogP contribution is 2.38. The molecule has 1 atom stereocenters. The molecule has 146 valence electrons. The minimum atomic E-state index is -4.42. The van der Waals surface area contributed by atoms with E-state index < -0.39 is 17.7 Å². The zero-order valence-corrected chi connectivity index (χ0v) is 15.1. The zero-order valence-electron chi connectivity index (χ0n) is 14.3. The summed E-state index contributed by atoms with van der Waals surface area (Å²) in [6.07, 6.45) is -4.41. The third-order valence-electron chi connectivity index (χ3n) is 4.09. The van der Waals surface area contributed by atoms with E-state index in [0.717, 1.165) is 12.1 Å². The highest BCUT2D eigenvalue weighted by Gasteiger charge is 2.30. The van der Waals surface area contributed by atoms with Crippen molar-refractivity contribution in [2.75, 3.05) is 17.8 Å². The van der Waals surface area contributed by atoms with Crippen molar-refractivity contribution in [2.24, 2.45) is 0 Å². The van der Waals surface area contributed by atoms with Crippen molar-refractivity contribution in [1.29, 1.82) is 0 Å². The number of benzene rings is 2. The Kier molecular flexibility index (Phi) is 6.10. The quantitative estimate of drug-likeness (QED) is 0.735. The van der Waals surface area contributed by atoms with E-state index in [9.17, 15) is 18.0 Å². The van der Waals surface area contributed by atoms with E-state index in [0.29, 0.717) is 28.4 Å². The van der Waals surface area contributed by atoms with Crippen molar-refractivity contribution in [3.8, 4) is 11.5 Å². The number of nitrogens with two attached hydrogens (primary N) is 1. The Morgan fingerprint density at radius 2 is 1.89 bits per heavy atom. The standard InChI is InChI=1S/C18H17F3N2O3.ClH/c1-10(11-3-2-4-12(6-11)18(19,20)21)5-17(24)23-14-8-16-15(7-13(14)22)25-9-26-16;/h2-4,6-8,10H,5,9,22H2,1H3,(H,23,24);1H. The van der Waals surface area contributed by atoms with Gasteiger partial charge in [-0.05, 0) is 17.5 Å². The largest absolute Gasteiger partial charge is 0.454 e. The van der Waals surface area contributed by atoms with Gasteiger partial charge in [0.1, 0.15) is 0 Å². The molecule has 0 fully saturated rings. The topological polar surface area (TPSA) is 73.6 Å². The average Bonchev–Trinajstić information content (AvgIpc) is 3.01. The number of amides is 1. The van der Waals surface area contributed by atoms with Gasteiger partial charge in [0.25, 0.3) is 0 Å². The molecule has 0 aliphatic carbocycles. The van der Waals surface area contributed by atoms with Crippen LogP contribution in [0.4, 0.5) is 24.5 Å². The lowest BCUT2D eigenvalue weighted by Gasteiger charge is -2.15. The summed E-state index contributed by atoms with van der Waals surface area (Å²) in [5, 5.41) is 2.66. The molecule has 3 rings (SSSR count). The van der Waals surface area contributed by atoms with E-state index in [1.807, 2.05) is 0 Å². The van der Waals surface area contributed by atoms with Crippen LogP contribution in [0.25, 0.3) is 0 Å². The van der Waals surface area contributed by atoms with Crippen molar-refractivity contribution >= 4 is 29.7 Å². The average molecular weight is 403 g/mol. The van der Waals surface area contributed by atoms with Gasteiger partial charge in [-0.2, -0.15) is 13.2 Å². The molecule has 1 heterocycles. The highest BCUT2D eigenvalue weighted by molar-refractivity contribution is 5.95. The molecule has 0 saturated heterocycles. The van der Waals surface area contributed by atoms with Gasteiger partial charge in [-0.3, -0.25) is 4.79 Å². The normalized spacial score (nSPS) is 13.6. The Morgan fingerprint density at radius 3 is 2.56 bits per heavy atom. The smallest absolute Gasteiger partial charge is 0.416 e. The molecule has 0 aromatic heterocycles. The Hall–Kier alpha value is -2.61. The van der Waals surface area contributed by atoms with E-state index in [4.69, 9.17) is 15.2 Å². The minimum absolute atomic E-state index is 0. The number of nitrogens with one attached hydrogen (secondary N) is 1. The van der Waals surface area contributed by atoms with Crippen molar-refractivity contribution in [2.45, 2.75) is 25.4 Å². The van der Waals surface area contributed by atoms with E-state index in [2.05, 4.69) is 5.32 Å². The molecule has 0 saturated carbocycles. The SMILES string of the molecule is CC(CC(=O)Nc1cc2c(cc1N)OCO2)c1cccc(C(F)(F)F)c1.Cl. The Labute approximate surface area is 160 Å². The van der Waals surface area contributed by atoms with Gasteiger partial charge in [0.15, 0.2) is 11.5 Å². The summed E-state index contributed by atoms with van der Waals surface area (Å²) >= 11 is 0. The Balaban J connectivity index is 0.00000261. The maximum absolute atomic E-state index is 12.8. The molecule has 0 bridgehead atoms. The zero-order chi connectivity index (χ0) is 18.9. The van der Waals surface area contributed by atoms with Crippen molar-refractivity contribution in [3.05, 3.63) is 47.5 Å². The number of carbonyl (C=O) groups excluding carboxylic acids is 1. The first kappa shape index (κ1) is 20.7. The molecule has 1 aliphatic rings. The molecule has 27 heavy (non-hydrogen) atoms. The number of anilines is 2. The minimum Gasteiger partial charge on any atom is -0.454 e. The molecule has 1 unspecified atom stereocenters. The fourth-order valence-electron chi connectivity index (χ4n) is 2.68. The maximum Gasteiger partial charge on any atom is 0.416 e. The number of ether oxygens (including phenoxy) is 2. The first-order valence-electron chi connectivity index (χ1n) is 7.90. The molecular weight excluding hydrogens is 385 g/mol. The van der Waals surface area contributed by atoms with Gasteiger partial charge in [0.05, 0.1) is 16.9 Å². The van der Waals surface area contributed by atoms with Crippen LogP contribution in [0.3, 0.4) is 0 Å². The van der Waals surface area contributed by atoms with Crippen LogP contribution in [0, 0.1) is 0 Å². The number of hydrogen-bond donors (Lipinski definition) is 2.